The van der Waals surface area contributed by atoms with Gasteiger partial charge >= 0.3 is 0 Å². The van der Waals surface area contributed by atoms with Crippen LogP contribution in [0.25, 0.3) is 6.08 Å². The zero-order valence-electron chi connectivity index (χ0n) is 16.7. The van der Waals surface area contributed by atoms with Crippen molar-refractivity contribution in [1.82, 2.24) is 5.32 Å². The minimum atomic E-state index is -0.219. The second-order valence-corrected chi connectivity index (χ2v) is 8.40. The molecule has 158 valence electrons. The Bertz CT molecular complexity index is 978. The first-order valence-electron chi connectivity index (χ1n) is 9.56. The predicted octanol–water partition coefficient (Wildman–Crippen LogP) is 5.25. The largest absolute Gasteiger partial charge is 0.490 e. The molecule has 1 aliphatic rings. The lowest BCUT2D eigenvalue weighted by atomic mass is 10.1. The minimum absolute atomic E-state index is 0.219. The number of nitrogens with one attached hydrogen (secondary N) is 1. The molecule has 8 heteroatoms. The fourth-order valence-corrected chi connectivity index (χ4v) is 4.20. The Kier molecular flexibility index (Phi) is 8.01. The van der Waals surface area contributed by atoms with E-state index in [9.17, 15) is 4.79 Å². The summed E-state index contributed by atoms with van der Waals surface area (Å²) in [5.41, 5.74) is 1.88. The maximum Gasteiger partial charge on any atom is 0.263 e. The summed E-state index contributed by atoms with van der Waals surface area (Å²) >= 11 is 12.7. The number of thiocarbonyl (C=S) groups is 1. The van der Waals surface area contributed by atoms with Gasteiger partial charge in [0.15, 0.2) is 11.5 Å². The molecule has 0 spiro atoms. The maximum atomic E-state index is 11.9. The van der Waals surface area contributed by atoms with Crippen LogP contribution in [-0.4, -0.2) is 30.0 Å². The first-order valence-corrected chi connectivity index (χ1v) is 11.2. The monoisotopic (exact) mass is 463 g/mol. The highest BCUT2D eigenvalue weighted by Gasteiger charge is 2.22. The molecule has 1 aliphatic heterocycles. The van der Waals surface area contributed by atoms with Crippen LogP contribution in [0.5, 0.6) is 17.2 Å². The average Bonchev–Trinajstić information content (AvgIpc) is 3.04. The fraction of sp³-hybridized carbons (Fsp3) is 0.273. The molecule has 0 aliphatic carbocycles. The number of hydrogen-bond donors (Lipinski definition) is 1. The van der Waals surface area contributed by atoms with Gasteiger partial charge in [0.25, 0.3) is 5.91 Å². The average molecular weight is 464 g/mol. The number of thioether (sulfide) groups is 1. The molecule has 0 atom stereocenters. The third-order valence-electron chi connectivity index (χ3n) is 4.21. The van der Waals surface area contributed by atoms with Gasteiger partial charge in [-0.3, -0.25) is 4.79 Å². The summed E-state index contributed by atoms with van der Waals surface area (Å²) in [6.07, 6.45) is 2.62. The molecular formula is C22H22ClNO4S2. The Hall–Kier alpha value is -2.22. The first-order chi connectivity index (χ1) is 14.5. The van der Waals surface area contributed by atoms with Crippen molar-refractivity contribution in [3.8, 4) is 17.2 Å². The first kappa shape index (κ1) is 22.5. The number of rotatable bonds is 9. The van der Waals surface area contributed by atoms with Crippen molar-refractivity contribution in [3.63, 3.8) is 0 Å². The van der Waals surface area contributed by atoms with E-state index in [2.05, 4.69) is 12.2 Å². The number of carbonyl (C=O) groups is 1. The van der Waals surface area contributed by atoms with Gasteiger partial charge < -0.3 is 19.5 Å². The van der Waals surface area contributed by atoms with Crippen LogP contribution in [-0.2, 0) is 11.2 Å². The molecule has 0 unspecified atom stereocenters. The minimum Gasteiger partial charge on any atom is -0.490 e. The maximum absolute atomic E-state index is 11.9. The van der Waals surface area contributed by atoms with Gasteiger partial charge in [0, 0.05) is 0 Å². The molecule has 0 radical (unpaired) electrons. The molecule has 1 saturated heterocycles. The van der Waals surface area contributed by atoms with Crippen molar-refractivity contribution in [2.75, 3.05) is 19.8 Å². The van der Waals surface area contributed by atoms with Crippen LogP contribution < -0.4 is 19.5 Å². The number of aryl methyl sites for hydroxylation is 1. The molecule has 30 heavy (non-hydrogen) atoms. The summed E-state index contributed by atoms with van der Waals surface area (Å²) in [5.74, 6) is 1.60. The van der Waals surface area contributed by atoms with Crippen molar-refractivity contribution < 1.29 is 19.0 Å². The van der Waals surface area contributed by atoms with E-state index in [-0.39, 0.29) is 5.91 Å². The van der Waals surface area contributed by atoms with Gasteiger partial charge in [0.1, 0.15) is 23.3 Å². The van der Waals surface area contributed by atoms with Crippen LogP contribution in [0.4, 0.5) is 0 Å². The lowest BCUT2D eigenvalue weighted by Gasteiger charge is -2.15. The van der Waals surface area contributed by atoms with Gasteiger partial charge in [-0.2, -0.15) is 0 Å². The van der Waals surface area contributed by atoms with Crippen LogP contribution in [0.3, 0.4) is 0 Å². The molecule has 1 heterocycles. The van der Waals surface area contributed by atoms with E-state index in [0.717, 1.165) is 23.3 Å². The van der Waals surface area contributed by atoms with Crippen LogP contribution in [0.2, 0.25) is 5.02 Å². The molecule has 0 aromatic heterocycles. The van der Waals surface area contributed by atoms with Crippen LogP contribution >= 0.6 is 35.6 Å². The van der Waals surface area contributed by atoms with E-state index in [0.29, 0.717) is 45.6 Å². The molecule has 1 N–H and O–H groups in total. The molecule has 1 amide bonds. The van der Waals surface area contributed by atoms with Gasteiger partial charge in [-0.25, -0.2) is 0 Å². The van der Waals surface area contributed by atoms with E-state index in [1.54, 1.807) is 18.2 Å². The summed E-state index contributed by atoms with van der Waals surface area (Å²) in [4.78, 5) is 12.4. The van der Waals surface area contributed by atoms with Crippen molar-refractivity contribution in [2.24, 2.45) is 0 Å². The second kappa shape index (κ2) is 10.7. The van der Waals surface area contributed by atoms with E-state index < -0.39 is 0 Å². The van der Waals surface area contributed by atoms with E-state index in [1.807, 2.05) is 31.2 Å². The summed E-state index contributed by atoms with van der Waals surface area (Å²) in [6.45, 7) is 5.10. The number of benzene rings is 2. The molecule has 0 bridgehead atoms. The highest BCUT2D eigenvalue weighted by Crippen LogP contribution is 2.38. The van der Waals surface area contributed by atoms with Gasteiger partial charge in [0.05, 0.1) is 16.5 Å². The highest BCUT2D eigenvalue weighted by molar-refractivity contribution is 8.26. The number of halogens is 1. The molecule has 3 rings (SSSR count). The molecule has 2 aromatic rings. The number of ether oxygens (including phenoxy) is 3. The van der Waals surface area contributed by atoms with Crippen LogP contribution in [0, 0.1) is 0 Å². The summed E-state index contributed by atoms with van der Waals surface area (Å²) in [5, 5.41) is 2.99. The smallest absolute Gasteiger partial charge is 0.263 e. The zero-order valence-corrected chi connectivity index (χ0v) is 19.1. The third-order valence-corrected chi connectivity index (χ3v) is 5.66. The lowest BCUT2D eigenvalue weighted by molar-refractivity contribution is -0.115. The van der Waals surface area contributed by atoms with Gasteiger partial charge in [-0.1, -0.05) is 60.7 Å². The number of amides is 1. The van der Waals surface area contributed by atoms with Crippen LogP contribution in [0.15, 0.2) is 41.3 Å². The van der Waals surface area contributed by atoms with Gasteiger partial charge in [0.2, 0.25) is 0 Å². The lowest BCUT2D eigenvalue weighted by Crippen LogP contribution is -2.17. The molecule has 2 aromatic carbocycles. The fourth-order valence-electron chi connectivity index (χ4n) is 2.88. The zero-order chi connectivity index (χ0) is 21.5. The van der Waals surface area contributed by atoms with Crippen molar-refractivity contribution >= 4 is 51.9 Å². The quantitative estimate of drug-likeness (QED) is 0.311. The van der Waals surface area contributed by atoms with E-state index >= 15 is 0 Å². The highest BCUT2D eigenvalue weighted by atomic mass is 35.5. The third kappa shape index (κ3) is 5.68. The summed E-state index contributed by atoms with van der Waals surface area (Å²) < 4.78 is 17.9. The Balaban J connectivity index is 1.70. The van der Waals surface area contributed by atoms with Crippen molar-refractivity contribution in [2.45, 2.75) is 20.3 Å². The molecular weight excluding hydrogens is 442 g/mol. The molecule has 1 fully saturated rings. The second-order valence-electron chi connectivity index (χ2n) is 6.27. The standard InChI is InChI=1S/C22H22ClNO4S2/c1-3-15-7-5-6-8-17(15)27-9-10-28-20-16(23)11-14(12-18(20)26-4-2)13-19-21(25)24-22(29)30-19/h5-8,11-13H,3-4,9-10H2,1-2H3,(H,24,25,29)/b19-13-. The summed E-state index contributed by atoms with van der Waals surface area (Å²) in [6, 6.07) is 11.5. The Morgan fingerprint density at radius 1 is 1.10 bits per heavy atom. The molecule has 5 nitrogen and oxygen atoms in total. The molecule has 0 saturated carbocycles. The number of para-hydroxylation sites is 1. The normalized spacial score (nSPS) is 14.7. The topological polar surface area (TPSA) is 56.8 Å². The van der Waals surface area contributed by atoms with Crippen molar-refractivity contribution in [1.29, 1.82) is 0 Å². The van der Waals surface area contributed by atoms with Gasteiger partial charge in [-0.15, -0.1) is 0 Å². The van der Waals surface area contributed by atoms with Gasteiger partial charge in [-0.05, 0) is 48.7 Å². The van der Waals surface area contributed by atoms with E-state index in [1.165, 1.54) is 11.8 Å². The van der Waals surface area contributed by atoms with Crippen LogP contribution in [0.1, 0.15) is 25.0 Å². The van der Waals surface area contributed by atoms with Crippen molar-refractivity contribution in [3.05, 3.63) is 57.5 Å². The predicted molar refractivity (Wildman–Crippen MR) is 126 cm³/mol. The Labute approximate surface area is 190 Å². The number of hydrogen-bond acceptors (Lipinski definition) is 6. The SMILES string of the molecule is CCOc1cc(/C=C2\SC(=S)NC2=O)cc(Cl)c1OCCOc1ccccc1CC. The number of carbonyl (C=O) groups excluding carboxylic acids is 1. The summed E-state index contributed by atoms with van der Waals surface area (Å²) in [7, 11) is 0. The van der Waals surface area contributed by atoms with E-state index in [4.69, 9.17) is 38.0 Å². The Morgan fingerprint density at radius 2 is 1.87 bits per heavy atom. The Morgan fingerprint density at radius 3 is 2.57 bits per heavy atom.